The second-order valence-corrected chi connectivity index (χ2v) is 2.93. The Bertz CT molecular complexity index is 128. The molecule has 8 nitrogen and oxygen atoms in total. The molecule has 4 atom stereocenters. The quantitative estimate of drug-likeness (QED) is 0.231. The largest absolute Gasteiger partial charge is 0.394 e. The number of hydrogen-bond acceptors (Lipinski definition) is 8. The zero-order valence-electron chi connectivity index (χ0n) is 8.72. The first-order valence-electron chi connectivity index (χ1n) is 4.61. The van der Waals surface area contributed by atoms with Gasteiger partial charge < -0.3 is 40.9 Å². The highest BCUT2D eigenvalue weighted by molar-refractivity contribution is 4.79. The fraction of sp³-hybridized carbons (Fsp3) is 1.00. The average Bonchev–Trinajstić information content (AvgIpc) is 2.34. The Morgan fingerprint density at radius 2 is 0.812 bits per heavy atom. The first-order valence-corrected chi connectivity index (χ1v) is 4.61. The molecule has 0 aliphatic rings. The van der Waals surface area contributed by atoms with Crippen molar-refractivity contribution < 1.29 is 40.9 Å². The van der Waals surface area contributed by atoms with E-state index in [0.29, 0.717) is 0 Å². The molecule has 0 spiro atoms. The van der Waals surface area contributed by atoms with Gasteiger partial charge >= 0.3 is 0 Å². The Hall–Kier alpha value is -0.320. The van der Waals surface area contributed by atoms with E-state index in [0.717, 1.165) is 0 Å². The van der Waals surface area contributed by atoms with E-state index in [9.17, 15) is 0 Å². The molecule has 0 saturated carbocycles. The molecule has 0 aliphatic carbocycles. The van der Waals surface area contributed by atoms with Crippen molar-refractivity contribution in [3.8, 4) is 0 Å². The maximum Gasteiger partial charge on any atom is 0.111 e. The zero-order valence-corrected chi connectivity index (χ0v) is 8.72. The van der Waals surface area contributed by atoms with Crippen LogP contribution in [0.3, 0.4) is 0 Å². The third kappa shape index (κ3) is 7.91. The second-order valence-electron chi connectivity index (χ2n) is 2.93. The normalized spacial score (nSPS) is 18.0. The fourth-order valence-corrected chi connectivity index (χ4v) is 0.671. The lowest BCUT2D eigenvalue weighted by Gasteiger charge is -2.24. The molecular weight excluding hydrogens is 224 g/mol. The van der Waals surface area contributed by atoms with Crippen LogP contribution in [0.25, 0.3) is 0 Å². The van der Waals surface area contributed by atoms with Crippen molar-refractivity contribution in [2.45, 2.75) is 24.4 Å². The Morgan fingerprint density at radius 3 is 0.938 bits per heavy atom. The molecule has 0 heterocycles. The molecule has 0 rings (SSSR count). The van der Waals surface area contributed by atoms with Gasteiger partial charge in [-0.1, -0.05) is 0 Å². The Morgan fingerprint density at radius 1 is 0.562 bits per heavy atom. The highest BCUT2D eigenvalue weighted by Gasteiger charge is 2.29. The first-order chi connectivity index (χ1) is 7.45. The molecule has 0 aromatic carbocycles. The molecule has 0 radical (unpaired) electrons. The SMILES string of the molecule is OCC(O)C(O)C(O)C(O)CO.OCCO. The summed E-state index contributed by atoms with van der Waals surface area (Å²) < 4.78 is 0. The second kappa shape index (κ2) is 11.2. The van der Waals surface area contributed by atoms with Crippen LogP contribution in [-0.4, -0.2) is 91.7 Å². The van der Waals surface area contributed by atoms with Gasteiger partial charge in [0.05, 0.1) is 26.4 Å². The lowest BCUT2D eigenvalue weighted by molar-refractivity contribution is -0.123. The standard InChI is InChI=1S/C6H14O6.C2H6O2/c7-1-3(9)5(11)6(12)4(10)2-8;3-1-2-4/h3-12H,1-2H2;3-4H,1-2H2. The summed E-state index contributed by atoms with van der Waals surface area (Å²) >= 11 is 0. The van der Waals surface area contributed by atoms with E-state index in [4.69, 9.17) is 40.9 Å². The minimum absolute atomic E-state index is 0.125. The molecule has 0 bridgehead atoms. The van der Waals surface area contributed by atoms with Gasteiger partial charge in [0, 0.05) is 0 Å². The maximum absolute atomic E-state index is 8.96. The monoisotopic (exact) mass is 244 g/mol. The summed E-state index contributed by atoms with van der Waals surface area (Å²) in [5.74, 6) is 0. The lowest BCUT2D eigenvalue weighted by Crippen LogP contribution is -2.46. The van der Waals surface area contributed by atoms with E-state index in [1.807, 2.05) is 0 Å². The average molecular weight is 244 g/mol. The predicted octanol–water partition coefficient (Wildman–Crippen LogP) is -4.61. The van der Waals surface area contributed by atoms with Gasteiger partial charge in [-0.3, -0.25) is 0 Å². The van der Waals surface area contributed by atoms with Crippen LogP contribution in [0.1, 0.15) is 0 Å². The molecular formula is C8H20O8. The van der Waals surface area contributed by atoms with Gasteiger partial charge in [-0.15, -0.1) is 0 Å². The summed E-state index contributed by atoms with van der Waals surface area (Å²) in [5.41, 5.74) is 0. The Labute approximate surface area is 92.7 Å². The smallest absolute Gasteiger partial charge is 0.111 e. The van der Waals surface area contributed by atoms with E-state index < -0.39 is 37.6 Å². The summed E-state index contributed by atoms with van der Waals surface area (Å²) in [6.45, 7) is -1.70. The summed E-state index contributed by atoms with van der Waals surface area (Å²) in [6, 6.07) is 0. The molecule has 0 aromatic heterocycles. The van der Waals surface area contributed by atoms with Crippen molar-refractivity contribution in [2.75, 3.05) is 26.4 Å². The van der Waals surface area contributed by atoms with Crippen LogP contribution in [0.4, 0.5) is 0 Å². The summed E-state index contributed by atoms with van der Waals surface area (Å²) in [7, 11) is 0. The number of hydrogen-bond donors (Lipinski definition) is 8. The number of rotatable bonds is 6. The van der Waals surface area contributed by atoms with Crippen LogP contribution >= 0.6 is 0 Å². The highest BCUT2D eigenvalue weighted by atomic mass is 16.4. The maximum atomic E-state index is 8.96. The summed E-state index contributed by atoms with van der Waals surface area (Å²) in [6.07, 6.45) is -6.39. The fourth-order valence-electron chi connectivity index (χ4n) is 0.671. The van der Waals surface area contributed by atoms with Crippen LogP contribution in [0.2, 0.25) is 0 Å². The molecule has 8 heteroatoms. The molecule has 100 valence electrons. The first kappa shape index (κ1) is 18.1. The van der Waals surface area contributed by atoms with Gasteiger partial charge in [-0.25, -0.2) is 0 Å². The van der Waals surface area contributed by atoms with Crippen molar-refractivity contribution in [1.29, 1.82) is 0 Å². The summed E-state index contributed by atoms with van der Waals surface area (Å²) in [4.78, 5) is 0. The van der Waals surface area contributed by atoms with Crippen LogP contribution in [-0.2, 0) is 0 Å². The predicted molar refractivity (Wildman–Crippen MR) is 52.4 cm³/mol. The minimum atomic E-state index is -1.67. The van der Waals surface area contributed by atoms with Crippen LogP contribution in [0.5, 0.6) is 0 Å². The Balaban J connectivity index is 0. The van der Waals surface area contributed by atoms with E-state index >= 15 is 0 Å². The third-order valence-electron chi connectivity index (χ3n) is 1.61. The van der Waals surface area contributed by atoms with E-state index in [1.54, 1.807) is 0 Å². The van der Waals surface area contributed by atoms with Crippen molar-refractivity contribution in [3.63, 3.8) is 0 Å². The molecule has 0 aliphatic heterocycles. The number of aliphatic hydroxyl groups excluding tert-OH is 8. The van der Waals surface area contributed by atoms with E-state index in [1.165, 1.54) is 0 Å². The molecule has 0 aromatic rings. The van der Waals surface area contributed by atoms with Crippen LogP contribution in [0.15, 0.2) is 0 Å². The van der Waals surface area contributed by atoms with Crippen molar-refractivity contribution in [1.82, 2.24) is 0 Å². The van der Waals surface area contributed by atoms with Crippen LogP contribution in [0, 0.1) is 0 Å². The minimum Gasteiger partial charge on any atom is -0.394 e. The van der Waals surface area contributed by atoms with Crippen molar-refractivity contribution in [2.24, 2.45) is 0 Å². The third-order valence-corrected chi connectivity index (χ3v) is 1.61. The van der Waals surface area contributed by atoms with Crippen molar-refractivity contribution in [3.05, 3.63) is 0 Å². The van der Waals surface area contributed by atoms with E-state index in [2.05, 4.69) is 0 Å². The summed E-state index contributed by atoms with van der Waals surface area (Å²) in [5, 5.41) is 67.4. The van der Waals surface area contributed by atoms with E-state index in [-0.39, 0.29) is 13.2 Å². The number of aliphatic hydroxyl groups is 8. The molecule has 8 N–H and O–H groups in total. The zero-order chi connectivity index (χ0) is 13.1. The van der Waals surface area contributed by atoms with Gasteiger partial charge in [0.1, 0.15) is 24.4 Å². The molecule has 0 fully saturated rings. The molecule has 16 heavy (non-hydrogen) atoms. The molecule has 4 unspecified atom stereocenters. The van der Waals surface area contributed by atoms with Crippen molar-refractivity contribution >= 4 is 0 Å². The lowest BCUT2D eigenvalue weighted by atomic mass is 10.0. The van der Waals surface area contributed by atoms with Gasteiger partial charge in [-0.2, -0.15) is 0 Å². The van der Waals surface area contributed by atoms with Gasteiger partial charge in [0.2, 0.25) is 0 Å². The molecule has 0 saturated heterocycles. The highest BCUT2D eigenvalue weighted by Crippen LogP contribution is 2.03. The molecule has 0 amide bonds. The van der Waals surface area contributed by atoms with Gasteiger partial charge in [0.25, 0.3) is 0 Å². The Kier molecular flexibility index (Phi) is 12.6. The topological polar surface area (TPSA) is 162 Å². The van der Waals surface area contributed by atoms with Gasteiger partial charge in [-0.05, 0) is 0 Å². The van der Waals surface area contributed by atoms with Crippen LogP contribution < -0.4 is 0 Å². The van der Waals surface area contributed by atoms with Gasteiger partial charge in [0.15, 0.2) is 0 Å².